The van der Waals surface area contributed by atoms with Gasteiger partial charge in [0.25, 0.3) is 0 Å². The molecule has 2 N–H and O–H groups in total. The summed E-state index contributed by atoms with van der Waals surface area (Å²) in [5, 5.41) is 0. The average molecular weight is 243 g/mol. The van der Waals surface area contributed by atoms with Gasteiger partial charge in [0, 0.05) is 6.04 Å². The van der Waals surface area contributed by atoms with Gasteiger partial charge in [0.2, 0.25) is 0 Å². The molecule has 2 aromatic rings. The highest BCUT2D eigenvalue weighted by Gasteiger charge is 2.10. The van der Waals surface area contributed by atoms with Gasteiger partial charge in [0.1, 0.15) is 5.82 Å². The summed E-state index contributed by atoms with van der Waals surface area (Å²) in [6.07, 6.45) is 1.51. The lowest BCUT2D eigenvalue weighted by Gasteiger charge is -2.13. The molecule has 2 heteroatoms. The predicted molar refractivity (Wildman–Crippen MR) is 72.9 cm³/mol. The molecule has 0 heterocycles. The highest BCUT2D eigenvalue weighted by molar-refractivity contribution is 5.28. The first kappa shape index (κ1) is 12.8. The highest BCUT2D eigenvalue weighted by atomic mass is 19.1. The standard InChI is InChI=1S/C16H18FN/c1-2-12-6-5-8-14(10-12)16(18)11-13-7-3-4-9-15(13)17/h3-10,16H,2,11,18H2,1H3. The van der Waals surface area contributed by atoms with E-state index >= 15 is 0 Å². The molecule has 94 valence electrons. The Labute approximate surface area is 107 Å². The van der Waals surface area contributed by atoms with E-state index in [4.69, 9.17) is 5.73 Å². The fraction of sp³-hybridized carbons (Fsp3) is 0.250. The molecule has 0 spiro atoms. The molecule has 0 aromatic heterocycles. The van der Waals surface area contributed by atoms with Crippen molar-refractivity contribution in [2.75, 3.05) is 0 Å². The summed E-state index contributed by atoms with van der Waals surface area (Å²) in [4.78, 5) is 0. The smallest absolute Gasteiger partial charge is 0.126 e. The summed E-state index contributed by atoms with van der Waals surface area (Å²) in [6, 6.07) is 14.8. The summed E-state index contributed by atoms with van der Waals surface area (Å²) in [5.41, 5.74) is 9.15. The molecule has 2 rings (SSSR count). The maximum Gasteiger partial charge on any atom is 0.126 e. The topological polar surface area (TPSA) is 26.0 Å². The summed E-state index contributed by atoms with van der Waals surface area (Å²) in [5.74, 6) is -0.181. The molecule has 0 bridgehead atoms. The van der Waals surface area contributed by atoms with Crippen LogP contribution in [0.25, 0.3) is 0 Å². The van der Waals surface area contributed by atoms with Gasteiger partial charge in [-0.1, -0.05) is 49.4 Å². The molecule has 1 atom stereocenters. The molecule has 0 amide bonds. The van der Waals surface area contributed by atoms with E-state index in [1.54, 1.807) is 12.1 Å². The van der Waals surface area contributed by atoms with Gasteiger partial charge in [-0.15, -0.1) is 0 Å². The summed E-state index contributed by atoms with van der Waals surface area (Å²) in [7, 11) is 0. The molecule has 0 fully saturated rings. The first-order valence-corrected chi connectivity index (χ1v) is 6.28. The minimum absolute atomic E-state index is 0.159. The van der Waals surface area contributed by atoms with Gasteiger partial charge in [0.15, 0.2) is 0 Å². The molecular weight excluding hydrogens is 225 g/mol. The Hall–Kier alpha value is -1.67. The molecule has 1 nitrogen and oxygen atoms in total. The van der Waals surface area contributed by atoms with Crippen molar-refractivity contribution in [1.82, 2.24) is 0 Å². The quantitative estimate of drug-likeness (QED) is 0.871. The molecule has 1 unspecified atom stereocenters. The fourth-order valence-corrected chi connectivity index (χ4v) is 2.06. The van der Waals surface area contributed by atoms with Crippen LogP contribution in [0.4, 0.5) is 4.39 Å². The van der Waals surface area contributed by atoms with E-state index < -0.39 is 0 Å². The third-order valence-corrected chi connectivity index (χ3v) is 3.19. The van der Waals surface area contributed by atoms with Crippen molar-refractivity contribution in [1.29, 1.82) is 0 Å². The van der Waals surface area contributed by atoms with Gasteiger partial charge >= 0.3 is 0 Å². The number of rotatable bonds is 4. The molecule has 0 aliphatic heterocycles. The van der Waals surface area contributed by atoms with Crippen molar-refractivity contribution in [2.45, 2.75) is 25.8 Å². The number of aryl methyl sites for hydroxylation is 1. The summed E-state index contributed by atoms with van der Waals surface area (Å²) < 4.78 is 13.6. The molecule has 0 aliphatic rings. The second-order valence-corrected chi connectivity index (χ2v) is 4.50. The van der Waals surface area contributed by atoms with Crippen LogP contribution in [0, 0.1) is 5.82 Å². The van der Waals surface area contributed by atoms with Crippen molar-refractivity contribution in [3.05, 3.63) is 71.0 Å². The van der Waals surface area contributed by atoms with Crippen LogP contribution in [0.3, 0.4) is 0 Å². The van der Waals surface area contributed by atoms with Crippen molar-refractivity contribution in [2.24, 2.45) is 5.73 Å². The predicted octanol–water partition coefficient (Wildman–Crippen LogP) is 3.63. The molecule has 0 saturated heterocycles. The lowest BCUT2D eigenvalue weighted by Crippen LogP contribution is -2.14. The van der Waals surface area contributed by atoms with Crippen LogP contribution >= 0.6 is 0 Å². The second kappa shape index (κ2) is 5.78. The van der Waals surface area contributed by atoms with E-state index in [-0.39, 0.29) is 11.9 Å². The third kappa shape index (κ3) is 2.96. The Morgan fingerprint density at radius 2 is 1.89 bits per heavy atom. The Morgan fingerprint density at radius 1 is 1.11 bits per heavy atom. The first-order valence-electron chi connectivity index (χ1n) is 6.28. The van der Waals surface area contributed by atoms with E-state index in [2.05, 4.69) is 19.1 Å². The van der Waals surface area contributed by atoms with Crippen LogP contribution in [0.1, 0.15) is 29.7 Å². The van der Waals surface area contributed by atoms with E-state index in [1.807, 2.05) is 18.2 Å². The van der Waals surface area contributed by atoms with Gasteiger partial charge < -0.3 is 5.73 Å². The van der Waals surface area contributed by atoms with Gasteiger partial charge in [-0.05, 0) is 35.6 Å². The van der Waals surface area contributed by atoms with Crippen molar-refractivity contribution in [3.8, 4) is 0 Å². The van der Waals surface area contributed by atoms with Gasteiger partial charge in [-0.3, -0.25) is 0 Å². The Kier molecular flexibility index (Phi) is 4.11. The normalized spacial score (nSPS) is 12.4. The fourth-order valence-electron chi connectivity index (χ4n) is 2.06. The maximum absolute atomic E-state index is 13.6. The van der Waals surface area contributed by atoms with E-state index in [0.717, 1.165) is 12.0 Å². The lowest BCUT2D eigenvalue weighted by molar-refractivity contribution is 0.593. The number of hydrogen-bond donors (Lipinski definition) is 1. The molecule has 0 aliphatic carbocycles. The maximum atomic E-state index is 13.6. The van der Waals surface area contributed by atoms with Gasteiger partial charge in [-0.2, -0.15) is 0 Å². The first-order chi connectivity index (χ1) is 8.70. The minimum atomic E-state index is -0.181. The van der Waals surface area contributed by atoms with Crippen molar-refractivity contribution < 1.29 is 4.39 Å². The highest BCUT2D eigenvalue weighted by Crippen LogP contribution is 2.19. The number of benzene rings is 2. The molecule has 0 saturated carbocycles. The number of nitrogens with two attached hydrogens (primary N) is 1. The molecular formula is C16H18FN. The SMILES string of the molecule is CCc1cccc(C(N)Cc2ccccc2F)c1. The van der Waals surface area contributed by atoms with Gasteiger partial charge in [0.05, 0.1) is 0 Å². The zero-order valence-electron chi connectivity index (χ0n) is 10.6. The van der Waals surface area contributed by atoms with Crippen LogP contribution in [-0.4, -0.2) is 0 Å². The van der Waals surface area contributed by atoms with Crippen LogP contribution in [0.2, 0.25) is 0 Å². The molecule has 0 radical (unpaired) electrons. The lowest BCUT2D eigenvalue weighted by atomic mass is 9.97. The summed E-state index contributed by atoms with van der Waals surface area (Å²) >= 11 is 0. The number of halogens is 1. The Bertz CT molecular complexity index is 522. The van der Waals surface area contributed by atoms with E-state index in [9.17, 15) is 4.39 Å². The minimum Gasteiger partial charge on any atom is -0.324 e. The van der Waals surface area contributed by atoms with Crippen molar-refractivity contribution in [3.63, 3.8) is 0 Å². The molecule has 18 heavy (non-hydrogen) atoms. The van der Waals surface area contributed by atoms with Gasteiger partial charge in [-0.25, -0.2) is 4.39 Å². The zero-order chi connectivity index (χ0) is 13.0. The van der Waals surface area contributed by atoms with Crippen LogP contribution in [-0.2, 0) is 12.8 Å². The van der Waals surface area contributed by atoms with Crippen LogP contribution < -0.4 is 5.73 Å². The zero-order valence-corrected chi connectivity index (χ0v) is 10.6. The monoisotopic (exact) mass is 243 g/mol. The second-order valence-electron chi connectivity index (χ2n) is 4.50. The average Bonchev–Trinajstić information content (AvgIpc) is 2.41. The largest absolute Gasteiger partial charge is 0.324 e. The van der Waals surface area contributed by atoms with Crippen LogP contribution in [0.5, 0.6) is 0 Å². The molecule has 2 aromatic carbocycles. The third-order valence-electron chi connectivity index (χ3n) is 3.19. The Morgan fingerprint density at radius 3 is 2.61 bits per heavy atom. The van der Waals surface area contributed by atoms with Crippen LogP contribution in [0.15, 0.2) is 48.5 Å². The van der Waals surface area contributed by atoms with E-state index in [0.29, 0.717) is 12.0 Å². The number of hydrogen-bond acceptors (Lipinski definition) is 1. The van der Waals surface area contributed by atoms with Crippen molar-refractivity contribution >= 4 is 0 Å². The summed E-state index contributed by atoms with van der Waals surface area (Å²) in [6.45, 7) is 2.11. The van der Waals surface area contributed by atoms with E-state index in [1.165, 1.54) is 11.6 Å². The Balaban J connectivity index is 2.16.